The number of hydrogen-bond acceptors (Lipinski definition) is 3. The van der Waals surface area contributed by atoms with Crippen molar-refractivity contribution >= 4 is 0 Å². The molecule has 1 fully saturated rings. The minimum absolute atomic E-state index is 0.215. The lowest BCUT2D eigenvalue weighted by atomic mass is 10.2. The molecule has 1 heterocycles. The first-order chi connectivity index (χ1) is 6.25. The average Bonchev–Trinajstić information content (AvgIpc) is 2.03. The van der Waals surface area contributed by atoms with E-state index < -0.39 is 0 Å². The van der Waals surface area contributed by atoms with E-state index in [1.165, 1.54) is 0 Å². The Balaban J connectivity index is 2.13. The summed E-state index contributed by atoms with van der Waals surface area (Å²) in [6.07, 6.45) is 0.215. The molecular formula is C10H13NO2. The van der Waals surface area contributed by atoms with Gasteiger partial charge in [0.2, 0.25) is 0 Å². The molecule has 13 heavy (non-hydrogen) atoms. The Bertz CT molecular complexity index is 308. The van der Waals surface area contributed by atoms with E-state index in [1.807, 2.05) is 19.1 Å². The molecule has 1 aliphatic rings. The Morgan fingerprint density at radius 1 is 1.46 bits per heavy atom. The standard InChI is InChI=1S/C10H13NO2/c1-7-2-3-9(12)10(4-7)13-8-5-11-6-8/h2-4,8,11-12H,5-6H2,1H3. The second kappa shape index (κ2) is 3.26. The molecule has 0 amide bonds. The second-order valence-corrected chi connectivity index (χ2v) is 3.37. The van der Waals surface area contributed by atoms with Gasteiger partial charge in [-0.05, 0) is 24.6 Å². The highest BCUT2D eigenvalue weighted by atomic mass is 16.5. The van der Waals surface area contributed by atoms with Gasteiger partial charge in [-0.15, -0.1) is 0 Å². The first kappa shape index (κ1) is 8.38. The maximum atomic E-state index is 9.46. The zero-order valence-electron chi connectivity index (χ0n) is 7.58. The van der Waals surface area contributed by atoms with Gasteiger partial charge in [0.15, 0.2) is 11.5 Å². The van der Waals surface area contributed by atoms with E-state index >= 15 is 0 Å². The molecular weight excluding hydrogens is 166 g/mol. The Morgan fingerprint density at radius 2 is 2.23 bits per heavy atom. The maximum Gasteiger partial charge on any atom is 0.161 e. The summed E-state index contributed by atoms with van der Waals surface area (Å²) in [4.78, 5) is 0. The summed E-state index contributed by atoms with van der Waals surface area (Å²) in [6.45, 7) is 3.71. The molecule has 1 aliphatic heterocycles. The Morgan fingerprint density at radius 3 is 2.85 bits per heavy atom. The van der Waals surface area contributed by atoms with Crippen LogP contribution in [0.3, 0.4) is 0 Å². The summed E-state index contributed by atoms with van der Waals surface area (Å²) in [5.74, 6) is 0.809. The summed E-state index contributed by atoms with van der Waals surface area (Å²) in [5, 5.41) is 12.6. The molecule has 0 spiro atoms. The van der Waals surface area contributed by atoms with Crippen molar-refractivity contribution in [2.24, 2.45) is 0 Å². The van der Waals surface area contributed by atoms with Crippen molar-refractivity contribution in [3.63, 3.8) is 0 Å². The first-order valence-corrected chi connectivity index (χ1v) is 4.43. The lowest BCUT2D eigenvalue weighted by molar-refractivity contribution is 0.137. The summed E-state index contributed by atoms with van der Waals surface area (Å²) < 4.78 is 5.55. The van der Waals surface area contributed by atoms with Crippen molar-refractivity contribution in [3.05, 3.63) is 23.8 Å². The van der Waals surface area contributed by atoms with Crippen molar-refractivity contribution in [2.45, 2.75) is 13.0 Å². The Hall–Kier alpha value is -1.22. The number of ether oxygens (including phenoxy) is 1. The van der Waals surface area contributed by atoms with Crippen LogP contribution in [-0.2, 0) is 0 Å². The molecule has 0 saturated carbocycles. The van der Waals surface area contributed by atoms with E-state index in [2.05, 4.69) is 5.32 Å². The average molecular weight is 179 g/mol. The molecule has 3 nitrogen and oxygen atoms in total. The quantitative estimate of drug-likeness (QED) is 0.713. The van der Waals surface area contributed by atoms with Gasteiger partial charge in [0.05, 0.1) is 0 Å². The third-order valence-corrected chi connectivity index (χ3v) is 2.15. The highest BCUT2D eigenvalue weighted by molar-refractivity contribution is 5.41. The third-order valence-electron chi connectivity index (χ3n) is 2.15. The zero-order valence-corrected chi connectivity index (χ0v) is 7.58. The SMILES string of the molecule is Cc1ccc(O)c(OC2CNC2)c1. The molecule has 1 aromatic carbocycles. The monoisotopic (exact) mass is 179 g/mol. The first-order valence-electron chi connectivity index (χ1n) is 4.43. The number of nitrogens with one attached hydrogen (secondary N) is 1. The number of aromatic hydroxyl groups is 1. The van der Waals surface area contributed by atoms with Crippen LogP contribution >= 0.6 is 0 Å². The fourth-order valence-corrected chi connectivity index (χ4v) is 1.24. The predicted molar refractivity (Wildman–Crippen MR) is 50.1 cm³/mol. The molecule has 0 unspecified atom stereocenters. The van der Waals surface area contributed by atoms with Crippen LogP contribution in [0, 0.1) is 6.92 Å². The van der Waals surface area contributed by atoms with Crippen LogP contribution in [0.25, 0.3) is 0 Å². The number of phenolic OH excluding ortho intramolecular Hbond substituents is 1. The highest BCUT2D eigenvalue weighted by Crippen LogP contribution is 2.27. The molecule has 0 aliphatic carbocycles. The van der Waals surface area contributed by atoms with E-state index in [9.17, 15) is 5.11 Å². The van der Waals surface area contributed by atoms with Crippen LogP contribution in [0.15, 0.2) is 18.2 Å². The fraction of sp³-hybridized carbons (Fsp3) is 0.400. The van der Waals surface area contributed by atoms with Crippen LogP contribution < -0.4 is 10.1 Å². The molecule has 1 saturated heterocycles. The number of aryl methyl sites for hydroxylation is 1. The van der Waals surface area contributed by atoms with Crippen LogP contribution in [0.2, 0.25) is 0 Å². The van der Waals surface area contributed by atoms with Gasteiger partial charge in [-0.25, -0.2) is 0 Å². The predicted octanol–water partition coefficient (Wildman–Crippen LogP) is 1.05. The van der Waals surface area contributed by atoms with Gasteiger partial charge < -0.3 is 15.2 Å². The summed E-state index contributed by atoms with van der Waals surface area (Å²) >= 11 is 0. The third kappa shape index (κ3) is 1.75. The topological polar surface area (TPSA) is 41.5 Å². The highest BCUT2D eigenvalue weighted by Gasteiger charge is 2.19. The molecule has 70 valence electrons. The van der Waals surface area contributed by atoms with Crippen molar-refractivity contribution in [3.8, 4) is 11.5 Å². The van der Waals surface area contributed by atoms with Crippen molar-refractivity contribution in [1.82, 2.24) is 5.32 Å². The minimum Gasteiger partial charge on any atom is -0.504 e. The van der Waals surface area contributed by atoms with Crippen molar-refractivity contribution in [2.75, 3.05) is 13.1 Å². The summed E-state index contributed by atoms with van der Waals surface area (Å²) in [6, 6.07) is 5.38. The van der Waals surface area contributed by atoms with E-state index in [1.54, 1.807) is 6.07 Å². The Kier molecular flexibility index (Phi) is 2.10. The fourth-order valence-electron chi connectivity index (χ4n) is 1.24. The van der Waals surface area contributed by atoms with E-state index in [4.69, 9.17) is 4.74 Å². The number of rotatable bonds is 2. The molecule has 2 rings (SSSR count). The summed E-state index contributed by atoms with van der Waals surface area (Å²) in [7, 11) is 0. The van der Waals surface area contributed by atoms with Crippen molar-refractivity contribution < 1.29 is 9.84 Å². The molecule has 3 heteroatoms. The maximum absolute atomic E-state index is 9.46. The van der Waals surface area contributed by atoms with E-state index in [0.29, 0.717) is 5.75 Å². The van der Waals surface area contributed by atoms with Crippen molar-refractivity contribution in [1.29, 1.82) is 0 Å². The summed E-state index contributed by atoms with van der Waals surface area (Å²) in [5.41, 5.74) is 1.10. The number of phenols is 1. The van der Waals surface area contributed by atoms with Gasteiger partial charge >= 0.3 is 0 Å². The molecule has 0 bridgehead atoms. The van der Waals surface area contributed by atoms with Gasteiger partial charge in [-0.1, -0.05) is 6.07 Å². The lowest BCUT2D eigenvalue weighted by Gasteiger charge is -2.28. The lowest BCUT2D eigenvalue weighted by Crippen LogP contribution is -2.50. The van der Waals surface area contributed by atoms with Gasteiger partial charge in [-0.2, -0.15) is 0 Å². The van der Waals surface area contributed by atoms with Gasteiger partial charge in [0, 0.05) is 13.1 Å². The van der Waals surface area contributed by atoms with Gasteiger partial charge in [0.25, 0.3) is 0 Å². The molecule has 1 aromatic rings. The minimum atomic E-state index is 0.215. The normalized spacial score (nSPS) is 16.7. The molecule has 0 aromatic heterocycles. The number of benzene rings is 1. The Labute approximate surface area is 77.3 Å². The zero-order chi connectivity index (χ0) is 9.26. The van der Waals surface area contributed by atoms with Crippen LogP contribution in [0.5, 0.6) is 11.5 Å². The van der Waals surface area contributed by atoms with E-state index in [0.717, 1.165) is 18.7 Å². The van der Waals surface area contributed by atoms with E-state index in [-0.39, 0.29) is 11.9 Å². The molecule has 2 N–H and O–H groups in total. The van der Waals surface area contributed by atoms with Crippen LogP contribution in [0.4, 0.5) is 0 Å². The molecule has 0 radical (unpaired) electrons. The molecule has 0 atom stereocenters. The van der Waals surface area contributed by atoms with Gasteiger partial charge in [-0.3, -0.25) is 0 Å². The number of hydrogen-bond donors (Lipinski definition) is 2. The van der Waals surface area contributed by atoms with Crippen LogP contribution in [0.1, 0.15) is 5.56 Å². The van der Waals surface area contributed by atoms with Crippen LogP contribution in [-0.4, -0.2) is 24.3 Å². The second-order valence-electron chi connectivity index (χ2n) is 3.37. The smallest absolute Gasteiger partial charge is 0.161 e. The largest absolute Gasteiger partial charge is 0.504 e. The van der Waals surface area contributed by atoms with Gasteiger partial charge in [0.1, 0.15) is 6.10 Å².